The first kappa shape index (κ1) is 14.1. The molecule has 17 heavy (non-hydrogen) atoms. The van der Waals surface area contributed by atoms with Gasteiger partial charge >= 0.3 is 12.1 Å². The molecule has 0 saturated heterocycles. The first-order valence-corrected chi connectivity index (χ1v) is 5.12. The summed E-state index contributed by atoms with van der Waals surface area (Å²) in [6.45, 7) is 1.46. The van der Waals surface area contributed by atoms with Crippen LogP contribution in [0.2, 0.25) is 0 Å². The fourth-order valence-corrected chi connectivity index (χ4v) is 1.58. The van der Waals surface area contributed by atoms with Crippen molar-refractivity contribution in [2.24, 2.45) is 0 Å². The van der Waals surface area contributed by atoms with Gasteiger partial charge in [0.15, 0.2) is 0 Å². The van der Waals surface area contributed by atoms with Crippen molar-refractivity contribution in [3.05, 3.63) is 16.4 Å². The quantitative estimate of drug-likeness (QED) is 0.633. The Bertz CT molecular complexity index is 440. The van der Waals surface area contributed by atoms with E-state index in [9.17, 15) is 26.7 Å². The van der Waals surface area contributed by atoms with Crippen molar-refractivity contribution in [1.29, 1.82) is 0 Å². The van der Waals surface area contributed by atoms with Crippen LogP contribution in [-0.4, -0.2) is 27.7 Å². The maximum absolute atomic E-state index is 12.8. The number of aryl methyl sites for hydroxylation is 1. The summed E-state index contributed by atoms with van der Waals surface area (Å²) in [6.07, 6.45) is -4.93. The summed E-state index contributed by atoms with van der Waals surface area (Å²) >= 11 is 2.71. The van der Waals surface area contributed by atoms with Gasteiger partial charge in [0.2, 0.25) is 0 Å². The van der Waals surface area contributed by atoms with Crippen LogP contribution >= 0.6 is 15.9 Å². The number of carbonyl (C=O) groups is 1. The molecule has 0 aromatic carbocycles. The Balaban J connectivity index is 3.26. The van der Waals surface area contributed by atoms with Gasteiger partial charge in [0.25, 0.3) is 5.78 Å². The van der Waals surface area contributed by atoms with Gasteiger partial charge in [-0.1, -0.05) is 0 Å². The highest BCUT2D eigenvalue weighted by Gasteiger charge is 2.64. The van der Waals surface area contributed by atoms with Crippen LogP contribution in [0.1, 0.15) is 17.4 Å². The molecule has 0 aliphatic rings. The first-order valence-electron chi connectivity index (χ1n) is 4.33. The fraction of sp³-hybridized carbons (Fsp3) is 0.500. The second kappa shape index (κ2) is 4.35. The van der Waals surface area contributed by atoms with Crippen LogP contribution in [0.3, 0.4) is 0 Å². The maximum atomic E-state index is 12.8. The first-order chi connectivity index (χ1) is 7.63. The number of alkyl halides is 5. The van der Waals surface area contributed by atoms with E-state index in [0.717, 1.165) is 10.9 Å². The third-order valence-electron chi connectivity index (χ3n) is 1.95. The number of ketones is 1. The molecule has 3 nitrogen and oxygen atoms in total. The van der Waals surface area contributed by atoms with Gasteiger partial charge in [0.1, 0.15) is 5.69 Å². The summed E-state index contributed by atoms with van der Waals surface area (Å²) in [4.78, 5) is 11.2. The van der Waals surface area contributed by atoms with Crippen molar-refractivity contribution in [2.75, 3.05) is 0 Å². The van der Waals surface area contributed by atoms with Crippen LogP contribution in [0, 0.1) is 0 Å². The fourth-order valence-electron chi connectivity index (χ4n) is 1.11. The summed E-state index contributed by atoms with van der Waals surface area (Å²) in [6, 6.07) is 0. The van der Waals surface area contributed by atoms with Crippen molar-refractivity contribution in [1.82, 2.24) is 9.78 Å². The zero-order valence-corrected chi connectivity index (χ0v) is 9.94. The van der Waals surface area contributed by atoms with E-state index in [1.807, 2.05) is 0 Å². The lowest BCUT2D eigenvalue weighted by atomic mass is 10.1. The molecule has 1 rings (SSSR count). The standard InChI is InChI=1S/C8H6BrF5N2O/c1-2-16-5(4(9)3-15-16)6(17)7(10,11)8(12,13)14/h3H,2H2,1H3. The summed E-state index contributed by atoms with van der Waals surface area (Å²) < 4.78 is 62.3. The zero-order valence-electron chi connectivity index (χ0n) is 8.35. The van der Waals surface area contributed by atoms with Gasteiger partial charge in [-0.15, -0.1) is 0 Å². The van der Waals surface area contributed by atoms with Crippen LogP contribution in [0.5, 0.6) is 0 Å². The lowest BCUT2D eigenvalue weighted by molar-refractivity contribution is -0.256. The third-order valence-corrected chi connectivity index (χ3v) is 2.53. The SMILES string of the molecule is CCn1ncc(Br)c1C(=O)C(F)(F)C(F)(F)F. The molecule has 0 radical (unpaired) electrons. The average molecular weight is 321 g/mol. The summed E-state index contributed by atoms with van der Waals surface area (Å²) in [5.41, 5.74) is -0.796. The van der Waals surface area contributed by atoms with Gasteiger partial charge in [-0.05, 0) is 22.9 Å². The van der Waals surface area contributed by atoms with E-state index in [2.05, 4.69) is 21.0 Å². The predicted molar refractivity (Wildman–Crippen MR) is 50.9 cm³/mol. The van der Waals surface area contributed by atoms with E-state index < -0.39 is 23.6 Å². The monoisotopic (exact) mass is 320 g/mol. The van der Waals surface area contributed by atoms with Gasteiger partial charge in [-0.2, -0.15) is 27.1 Å². The van der Waals surface area contributed by atoms with E-state index in [-0.39, 0.29) is 11.0 Å². The summed E-state index contributed by atoms with van der Waals surface area (Å²) in [5.74, 6) is -7.75. The number of hydrogen-bond donors (Lipinski definition) is 0. The van der Waals surface area contributed by atoms with Crippen molar-refractivity contribution in [3.8, 4) is 0 Å². The number of halogens is 6. The smallest absolute Gasteiger partial charge is 0.285 e. The minimum absolute atomic E-state index is 0.000606. The van der Waals surface area contributed by atoms with Crippen LogP contribution in [0.4, 0.5) is 22.0 Å². The van der Waals surface area contributed by atoms with Crippen LogP contribution in [0.15, 0.2) is 10.7 Å². The largest absolute Gasteiger partial charge is 0.461 e. The molecule has 0 unspecified atom stereocenters. The molecule has 1 aromatic rings. The molecule has 0 fully saturated rings. The molecular formula is C8H6BrF5N2O. The Hall–Kier alpha value is -0.990. The van der Waals surface area contributed by atoms with E-state index in [4.69, 9.17) is 0 Å². The number of carbonyl (C=O) groups excluding carboxylic acids is 1. The van der Waals surface area contributed by atoms with Crippen LogP contribution in [0.25, 0.3) is 0 Å². The number of nitrogens with zero attached hydrogens (tertiary/aromatic N) is 2. The number of hydrogen-bond acceptors (Lipinski definition) is 2. The van der Waals surface area contributed by atoms with E-state index in [1.165, 1.54) is 6.92 Å². The number of aromatic nitrogens is 2. The van der Waals surface area contributed by atoms with Crippen molar-refractivity contribution < 1.29 is 26.7 Å². The maximum Gasteiger partial charge on any atom is 0.461 e. The highest BCUT2D eigenvalue weighted by Crippen LogP contribution is 2.39. The number of rotatable bonds is 3. The minimum atomic E-state index is -5.92. The molecule has 0 aliphatic carbocycles. The molecule has 9 heteroatoms. The summed E-state index contributed by atoms with van der Waals surface area (Å²) in [5, 5.41) is 3.50. The van der Waals surface area contributed by atoms with E-state index in [1.54, 1.807) is 0 Å². The molecule has 1 heterocycles. The van der Waals surface area contributed by atoms with Gasteiger partial charge in [0, 0.05) is 6.54 Å². The second-order valence-corrected chi connectivity index (χ2v) is 3.91. The Morgan fingerprint density at radius 1 is 1.41 bits per heavy atom. The Kier molecular flexibility index (Phi) is 3.60. The number of Topliss-reactive ketones (excluding diaryl/α,β-unsaturated/α-hetero) is 1. The highest BCUT2D eigenvalue weighted by atomic mass is 79.9. The average Bonchev–Trinajstić information content (AvgIpc) is 2.56. The lowest BCUT2D eigenvalue weighted by Gasteiger charge is -2.18. The molecule has 0 atom stereocenters. The molecule has 0 N–H and O–H groups in total. The Morgan fingerprint density at radius 3 is 2.35 bits per heavy atom. The molecule has 1 aromatic heterocycles. The Morgan fingerprint density at radius 2 is 1.94 bits per heavy atom. The van der Waals surface area contributed by atoms with E-state index in [0.29, 0.717) is 0 Å². The predicted octanol–water partition coefficient (Wildman–Crippen LogP) is 3.05. The highest BCUT2D eigenvalue weighted by molar-refractivity contribution is 9.10. The molecule has 0 spiro atoms. The third kappa shape index (κ3) is 2.33. The van der Waals surface area contributed by atoms with Gasteiger partial charge in [-0.25, -0.2) is 0 Å². The van der Waals surface area contributed by atoms with Gasteiger partial charge in [0.05, 0.1) is 10.7 Å². The van der Waals surface area contributed by atoms with Crippen LogP contribution in [-0.2, 0) is 6.54 Å². The van der Waals surface area contributed by atoms with Crippen molar-refractivity contribution >= 4 is 21.7 Å². The van der Waals surface area contributed by atoms with Crippen LogP contribution < -0.4 is 0 Å². The normalized spacial score (nSPS) is 12.9. The van der Waals surface area contributed by atoms with Gasteiger partial charge in [-0.3, -0.25) is 9.48 Å². The molecule has 0 bridgehead atoms. The molecule has 0 saturated carbocycles. The molecule has 0 amide bonds. The zero-order chi connectivity index (χ0) is 13.4. The topological polar surface area (TPSA) is 34.9 Å². The van der Waals surface area contributed by atoms with E-state index >= 15 is 0 Å². The molecular weight excluding hydrogens is 315 g/mol. The van der Waals surface area contributed by atoms with Crippen molar-refractivity contribution in [3.63, 3.8) is 0 Å². The summed E-state index contributed by atoms with van der Waals surface area (Å²) in [7, 11) is 0. The molecule has 0 aliphatic heterocycles. The van der Waals surface area contributed by atoms with Crippen molar-refractivity contribution in [2.45, 2.75) is 25.6 Å². The molecule has 96 valence electrons. The second-order valence-electron chi connectivity index (χ2n) is 3.06. The Labute approximate surface area is 101 Å². The van der Waals surface area contributed by atoms with Gasteiger partial charge < -0.3 is 0 Å². The lowest BCUT2D eigenvalue weighted by Crippen LogP contribution is -2.45. The minimum Gasteiger partial charge on any atom is -0.285 e.